The third-order valence-electron chi connectivity index (χ3n) is 6.83. The lowest BCUT2D eigenvalue weighted by molar-refractivity contribution is -0.154. The molecule has 1 N–H and O–H groups in total. The van der Waals surface area contributed by atoms with E-state index in [1.165, 1.54) is 7.11 Å². The van der Waals surface area contributed by atoms with Crippen LogP contribution in [0.2, 0.25) is 0 Å². The number of methoxy groups -OCH3 is 1. The van der Waals surface area contributed by atoms with Crippen molar-refractivity contribution in [2.24, 2.45) is 0 Å². The maximum Gasteiger partial charge on any atom is 0.356 e. The van der Waals surface area contributed by atoms with Crippen molar-refractivity contribution < 1.29 is 32.9 Å². The molecule has 0 radical (unpaired) electrons. The number of hydrogen-bond donors (Lipinski definition) is 1. The van der Waals surface area contributed by atoms with E-state index in [4.69, 9.17) is 9.47 Å². The van der Waals surface area contributed by atoms with Gasteiger partial charge in [0.1, 0.15) is 17.1 Å². The summed E-state index contributed by atoms with van der Waals surface area (Å²) in [6, 6.07) is 26.3. The number of nitrogens with one attached hydrogen (secondary N) is 1. The van der Waals surface area contributed by atoms with Gasteiger partial charge in [-0.2, -0.15) is 0 Å². The molecule has 42 heavy (non-hydrogen) atoms. The topological polar surface area (TPSA) is 119 Å². The van der Waals surface area contributed by atoms with Gasteiger partial charge in [0.2, 0.25) is 5.91 Å². The summed E-state index contributed by atoms with van der Waals surface area (Å²) in [5, 5.41) is 1.74. The van der Waals surface area contributed by atoms with Crippen molar-refractivity contribution in [1.82, 2.24) is 10.2 Å². The number of ether oxygens (including phenoxy) is 2. The third-order valence-corrected chi connectivity index (χ3v) is 9.67. The largest absolute Gasteiger partial charge is 0.468 e. The molecule has 3 aromatic rings. The van der Waals surface area contributed by atoms with Gasteiger partial charge in [-0.25, -0.2) is 4.79 Å². The van der Waals surface area contributed by atoms with Gasteiger partial charge in [-0.15, -0.1) is 11.8 Å². The van der Waals surface area contributed by atoms with E-state index >= 15 is 0 Å². The van der Waals surface area contributed by atoms with E-state index in [1.54, 1.807) is 12.1 Å². The van der Waals surface area contributed by atoms with Crippen LogP contribution in [0, 0.1) is 0 Å². The van der Waals surface area contributed by atoms with Crippen molar-refractivity contribution in [2.45, 2.75) is 23.9 Å². The molecule has 0 saturated carbocycles. The van der Waals surface area contributed by atoms with Crippen molar-refractivity contribution in [3.63, 3.8) is 0 Å². The van der Waals surface area contributed by atoms with Gasteiger partial charge in [-0.1, -0.05) is 91.0 Å². The molecule has 2 heterocycles. The minimum absolute atomic E-state index is 0.0464. The summed E-state index contributed by atoms with van der Waals surface area (Å²) >= 11 is 0.978. The molecule has 2 aliphatic heterocycles. The highest BCUT2D eigenvalue weighted by atomic mass is 32.2. The molecule has 1 unspecified atom stereocenters. The van der Waals surface area contributed by atoms with Crippen LogP contribution < -0.4 is 5.32 Å². The molecule has 0 bridgehead atoms. The minimum atomic E-state index is -1.66. The van der Waals surface area contributed by atoms with Crippen molar-refractivity contribution in [1.29, 1.82) is 0 Å². The van der Waals surface area contributed by atoms with Gasteiger partial charge in [-0.05, 0) is 16.7 Å². The number of β-lactam (4-membered cyclic amide) rings is 1. The number of hydrogen-bond acceptors (Lipinski definition) is 8. The number of rotatable bonds is 10. The van der Waals surface area contributed by atoms with Crippen molar-refractivity contribution in [2.75, 3.05) is 18.6 Å². The molecule has 11 heteroatoms. The van der Waals surface area contributed by atoms with E-state index in [2.05, 4.69) is 5.32 Å². The van der Waals surface area contributed by atoms with Gasteiger partial charge in [-0.3, -0.25) is 23.5 Å². The first-order valence-corrected chi connectivity index (χ1v) is 15.5. The zero-order valence-corrected chi connectivity index (χ0v) is 24.3. The standard InChI is InChI=1S/C31H28N2O7S2/c1-39-25(35)18-41-23-19-42(38)30-26(32-24(34)17-20-11-5-2-6-12-20)29(36)33(30)27(23)31(37)40-28(21-13-7-3-8-14-21)22-15-9-4-10-16-22/h2-16,26,28,30H,17-19H2,1H3,(H,32,34)/t26-,30+,42?/m1/s1. The summed E-state index contributed by atoms with van der Waals surface area (Å²) < 4.78 is 24.1. The fourth-order valence-corrected chi connectivity index (χ4v) is 7.71. The van der Waals surface area contributed by atoms with Crippen molar-refractivity contribution in [3.05, 3.63) is 118 Å². The molecule has 2 aliphatic rings. The Labute approximate surface area is 249 Å². The zero-order valence-electron chi connectivity index (χ0n) is 22.6. The monoisotopic (exact) mass is 604 g/mol. The second-order valence-electron chi connectivity index (χ2n) is 9.57. The van der Waals surface area contributed by atoms with Crippen LogP contribution in [0.4, 0.5) is 0 Å². The second-order valence-corrected chi connectivity index (χ2v) is 12.2. The average molecular weight is 605 g/mol. The molecule has 0 aliphatic carbocycles. The molecular formula is C31H28N2O7S2. The molecule has 3 aromatic carbocycles. The highest BCUT2D eigenvalue weighted by Gasteiger charge is 2.57. The zero-order chi connectivity index (χ0) is 29.6. The van der Waals surface area contributed by atoms with E-state index in [-0.39, 0.29) is 28.5 Å². The van der Waals surface area contributed by atoms with E-state index in [1.807, 2.05) is 78.9 Å². The Morgan fingerprint density at radius 1 is 0.952 bits per heavy atom. The number of fused-ring (bicyclic) bond motifs is 1. The van der Waals surface area contributed by atoms with Crippen LogP contribution in [0.25, 0.3) is 0 Å². The fraction of sp³-hybridized carbons (Fsp3) is 0.226. The van der Waals surface area contributed by atoms with Crippen LogP contribution in [-0.4, -0.2) is 62.9 Å². The van der Waals surface area contributed by atoms with Crippen LogP contribution in [0.15, 0.2) is 102 Å². The van der Waals surface area contributed by atoms with Gasteiger partial charge in [0.15, 0.2) is 6.10 Å². The number of nitrogens with zero attached hydrogens (tertiary/aromatic N) is 1. The molecule has 0 aromatic heterocycles. The van der Waals surface area contributed by atoms with Crippen LogP contribution >= 0.6 is 11.8 Å². The Balaban J connectivity index is 1.43. The Hall–Kier alpha value is -4.22. The number of carbonyl (C=O) groups is 4. The summed E-state index contributed by atoms with van der Waals surface area (Å²) in [5.41, 5.74) is 2.13. The predicted octanol–water partition coefficient (Wildman–Crippen LogP) is 3.10. The maximum atomic E-state index is 13.9. The lowest BCUT2D eigenvalue weighted by Gasteiger charge is -2.49. The number of amides is 2. The molecular weight excluding hydrogens is 576 g/mol. The summed E-state index contributed by atoms with van der Waals surface area (Å²) in [6.45, 7) is 0. The molecule has 3 atom stereocenters. The highest BCUT2D eigenvalue weighted by molar-refractivity contribution is 8.04. The smallest absolute Gasteiger partial charge is 0.356 e. The van der Waals surface area contributed by atoms with E-state index < -0.39 is 52.1 Å². The van der Waals surface area contributed by atoms with Crippen LogP contribution in [-0.2, 0) is 45.9 Å². The molecule has 216 valence electrons. The summed E-state index contributed by atoms with van der Waals surface area (Å²) in [7, 11) is -0.415. The first kappa shape index (κ1) is 29.3. The van der Waals surface area contributed by atoms with Gasteiger partial charge in [0.25, 0.3) is 5.91 Å². The molecule has 5 rings (SSSR count). The SMILES string of the molecule is COC(=O)CSC1=C(C(=O)OC(c2ccccc2)c2ccccc2)N2C(=O)[C@@H](NC(=O)Cc3ccccc3)[C@@H]2S(=O)C1. The van der Waals surface area contributed by atoms with Gasteiger partial charge in [0.05, 0.1) is 35.8 Å². The summed E-state index contributed by atoms with van der Waals surface area (Å²) in [5.74, 6) is -2.56. The third kappa shape index (κ3) is 6.32. The van der Waals surface area contributed by atoms with E-state index in [0.29, 0.717) is 0 Å². The quantitative estimate of drug-likeness (QED) is 0.277. The Morgan fingerprint density at radius 3 is 2.10 bits per heavy atom. The lowest BCUT2D eigenvalue weighted by Crippen LogP contribution is -2.73. The fourth-order valence-electron chi connectivity index (χ4n) is 4.80. The Kier molecular flexibility index (Phi) is 9.19. The maximum absolute atomic E-state index is 13.9. The van der Waals surface area contributed by atoms with Crippen molar-refractivity contribution in [3.8, 4) is 0 Å². The number of thioether (sulfide) groups is 1. The number of carbonyl (C=O) groups excluding carboxylic acids is 4. The lowest BCUT2D eigenvalue weighted by atomic mass is 10.0. The van der Waals surface area contributed by atoms with E-state index in [0.717, 1.165) is 33.4 Å². The minimum Gasteiger partial charge on any atom is -0.468 e. The Morgan fingerprint density at radius 2 is 1.52 bits per heavy atom. The molecule has 1 saturated heterocycles. The predicted molar refractivity (Wildman–Crippen MR) is 158 cm³/mol. The van der Waals surface area contributed by atoms with Gasteiger partial charge < -0.3 is 14.8 Å². The molecule has 1 fully saturated rings. The normalized spacial score (nSPS) is 19.5. The van der Waals surface area contributed by atoms with Crippen LogP contribution in [0.5, 0.6) is 0 Å². The van der Waals surface area contributed by atoms with E-state index in [9.17, 15) is 23.4 Å². The second kappa shape index (κ2) is 13.2. The molecule has 9 nitrogen and oxygen atoms in total. The van der Waals surface area contributed by atoms with Gasteiger partial charge in [0, 0.05) is 4.91 Å². The first-order valence-electron chi connectivity index (χ1n) is 13.1. The van der Waals surface area contributed by atoms with Crippen LogP contribution in [0.3, 0.4) is 0 Å². The highest BCUT2D eigenvalue weighted by Crippen LogP contribution is 2.40. The first-order chi connectivity index (χ1) is 20.4. The molecule has 2 amide bonds. The summed E-state index contributed by atoms with van der Waals surface area (Å²) in [6.07, 6.45) is -0.743. The number of benzene rings is 3. The van der Waals surface area contributed by atoms with Gasteiger partial charge >= 0.3 is 11.9 Å². The van der Waals surface area contributed by atoms with Crippen LogP contribution in [0.1, 0.15) is 22.8 Å². The number of esters is 2. The molecule has 0 spiro atoms. The van der Waals surface area contributed by atoms with Crippen molar-refractivity contribution >= 4 is 46.3 Å². The average Bonchev–Trinajstić information content (AvgIpc) is 3.02. The Bertz CT molecular complexity index is 1490. The summed E-state index contributed by atoms with van der Waals surface area (Å²) in [4.78, 5) is 53.4.